The Morgan fingerprint density at radius 2 is 2.00 bits per heavy atom. The van der Waals surface area contributed by atoms with Crippen LogP contribution in [0, 0.1) is 0 Å². The number of hydrogen-bond donors (Lipinski definition) is 0. The third kappa shape index (κ3) is 1.27. The predicted octanol–water partition coefficient (Wildman–Crippen LogP) is 2.99. The van der Waals surface area contributed by atoms with E-state index in [1.165, 1.54) is 11.1 Å². The summed E-state index contributed by atoms with van der Waals surface area (Å²) >= 11 is 0. The van der Waals surface area contributed by atoms with Gasteiger partial charge in [0.1, 0.15) is 6.67 Å². The highest BCUT2D eigenvalue weighted by Gasteiger charge is 2.08. The summed E-state index contributed by atoms with van der Waals surface area (Å²) in [4.78, 5) is 0. The second kappa shape index (κ2) is 3.10. The molecule has 0 amide bonds. The standard InChI is InChI=1S/C11H11F/c12-8-9-5-6-10-3-1-2-4-11(10)7-9/h1-4,7H,5-6,8H2. The maximum atomic E-state index is 12.3. The van der Waals surface area contributed by atoms with Gasteiger partial charge < -0.3 is 0 Å². The minimum absolute atomic E-state index is 0.297. The van der Waals surface area contributed by atoms with Crippen LogP contribution in [0.5, 0.6) is 0 Å². The fraction of sp³-hybridized carbons (Fsp3) is 0.273. The summed E-state index contributed by atoms with van der Waals surface area (Å²) in [5, 5.41) is 0. The summed E-state index contributed by atoms with van der Waals surface area (Å²) in [5.74, 6) is 0. The van der Waals surface area contributed by atoms with Crippen LogP contribution in [-0.4, -0.2) is 6.67 Å². The molecule has 1 aromatic carbocycles. The lowest BCUT2D eigenvalue weighted by Gasteiger charge is -2.13. The van der Waals surface area contributed by atoms with Crippen LogP contribution in [0.15, 0.2) is 29.8 Å². The molecule has 0 radical (unpaired) electrons. The summed E-state index contributed by atoms with van der Waals surface area (Å²) in [6.45, 7) is -0.297. The van der Waals surface area contributed by atoms with E-state index < -0.39 is 0 Å². The Morgan fingerprint density at radius 1 is 1.17 bits per heavy atom. The highest BCUT2D eigenvalue weighted by molar-refractivity contribution is 5.59. The number of hydrogen-bond acceptors (Lipinski definition) is 0. The Balaban J connectivity index is 2.41. The van der Waals surface area contributed by atoms with Gasteiger partial charge in [-0.25, -0.2) is 4.39 Å². The van der Waals surface area contributed by atoms with Crippen molar-refractivity contribution in [3.05, 3.63) is 41.0 Å². The van der Waals surface area contributed by atoms with E-state index in [0.29, 0.717) is 0 Å². The number of aryl methyl sites for hydroxylation is 1. The molecule has 1 aromatic rings. The number of allylic oxidation sites excluding steroid dienone is 1. The molecule has 0 atom stereocenters. The van der Waals surface area contributed by atoms with Gasteiger partial charge in [0.2, 0.25) is 0 Å². The van der Waals surface area contributed by atoms with Gasteiger partial charge in [-0.3, -0.25) is 0 Å². The highest BCUT2D eigenvalue weighted by atomic mass is 19.1. The summed E-state index contributed by atoms with van der Waals surface area (Å²) in [7, 11) is 0. The van der Waals surface area contributed by atoms with Crippen LogP contribution in [0.25, 0.3) is 6.08 Å². The molecule has 1 aliphatic carbocycles. The molecular formula is C11H11F. The number of halogens is 1. The van der Waals surface area contributed by atoms with Crippen molar-refractivity contribution in [3.63, 3.8) is 0 Å². The van der Waals surface area contributed by atoms with Crippen molar-refractivity contribution in [1.29, 1.82) is 0 Å². The molecule has 0 bridgehead atoms. The average Bonchev–Trinajstić information content (AvgIpc) is 2.17. The highest BCUT2D eigenvalue weighted by Crippen LogP contribution is 2.23. The van der Waals surface area contributed by atoms with E-state index in [0.717, 1.165) is 18.4 Å². The summed E-state index contributed by atoms with van der Waals surface area (Å²) < 4.78 is 12.3. The van der Waals surface area contributed by atoms with E-state index in [9.17, 15) is 4.39 Å². The minimum Gasteiger partial charge on any atom is -0.246 e. The zero-order chi connectivity index (χ0) is 8.39. The molecule has 0 spiro atoms. The fourth-order valence-corrected chi connectivity index (χ4v) is 1.60. The number of fused-ring (bicyclic) bond motifs is 1. The van der Waals surface area contributed by atoms with Gasteiger partial charge in [0.15, 0.2) is 0 Å². The molecule has 1 heteroatoms. The third-order valence-corrected chi connectivity index (χ3v) is 2.30. The normalized spacial score (nSPS) is 15.2. The molecule has 0 aliphatic heterocycles. The van der Waals surface area contributed by atoms with Gasteiger partial charge in [-0.05, 0) is 29.5 Å². The summed E-state index contributed by atoms with van der Waals surface area (Å²) in [5.41, 5.74) is 3.46. The van der Waals surface area contributed by atoms with Crippen LogP contribution >= 0.6 is 0 Å². The minimum atomic E-state index is -0.297. The number of alkyl halides is 1. The molecule has 0 N–H and O–H groups in total. The molecule has 0 fully saturated rings. The van der Waals surface area contributed by atoms with Crippen molar-refractivity contribution in [1.82, 2.24) is 0 Å². The Kier molecular flexibility index (Phi) is 1.94. The Hall–Kier alpha value is -1.11. The SMILES string of the molecule is FCC1=Cc2ccccc2CC1. The molecule has 0 saturated carbocycles. The van der Waals surface area contributed by atoms with Crippen LogP contribution in [0.3, 0.4) is 0 Å². The third-order valence-electron chi connectivity index (χ3n) is 2.30. The first-order valence-corrected chi connectivity index (χ1v) is 4.23. The molecule has 0 heterocycles. The van der Waals surface area contributed by atoms with Crippen LogP contribution in [0.4, 0.5) is 4.39 Å². The topological polar surface area (TPSA) is 0 Å². The molecule has 12 heavy (non-hydrogen) atoms. The van der Waals surface area contributed by atoms with E-state index in [1.807, 2.05) is 24.3 Å². The first-order valence-electron chi connectivity index (χ1n) is 4.23. The molecule has 2 rings (SSSR count). The van der Waals surface area contributed by atoms with Crippen LogP contribution in [-0.2, 0) is 6.42 Å². The van der Waals surface area contributed by atoms with E-state index in [2.05, 4.69) is 6.07 Å². The summed E-state index contributed by atoms with van der Waals surface area (Å²) in [6.07, 6.45) is 3.85. The van der Waals surface area contributed by atoms with E-state index in [-0.39, 0.29) is 6.67 Å². The monoisotopic (exact) mass is 162 g/mol. The first-order chi connectivity index (χ1) is 5.90. The van der Waals surface area contributed by atoms with Crippen LogP contribution < -0.4 is 0 Å². The van der Waals surface area contributed by atoms with Crippen molar-refractivity contribution in [2.75, 3.05) is 6.67 Å². The fourth-order valence-electron chi connectivity index (χ4n) is 1.60. The average molecular weight is 162 g/mol. The maximum absolute atomic E-state index is 12.3. The van der Waals surface area contributed by atoms with Gasteiger partial charge in [0.25, 0.3) is 0 Å². The zero-order valence-electron chi connectivity index (χ0n) is 6.89. The van der Waals surface area contributed by atoms with Crippen molar-refractivity contribution < 1.29 is 4.39 Å². The Labute approximate surface area is 71.7 Å². The van der Waals surface area contributed by atoms with Gasteiger partial charge in [0.05, 0.1) is 0 Å². The lowest BCUT2D eigenvalue weighted by Crippen LogP contribution is -1.99. The molecule has 0 saturated heterocycles. The molecule has 0 aromatic heterocycles. The summed E-state index contributed by atoms with van der Waals surface area (Å²) in [6, 6.07) is 8.19. The Morgan fingerprint density at radius 3 is 2.83 bits per heavy atom. The van der Waals surface area contributed by atoms with Crippen LogP contribution in [0.2, 0.25) is 0 Å². The lowest BCUT2D eigenvalue weighted by molar-refractivity contribution is 0.532. The van der Waals surface area contributed by atoms with Gasteiger partial charge >= 0.3 is 0 Å². The van der Waals surface area contributed by atoms with Crippen molar-refractivity contribution in [2.24, 2.45) is 0 Å². The van der Waals surface area contributed by atoms with Gasteiger partial charge in [-0.15, -0.1) is 0 Å². The van der Waals surface area contributed by atoms with Crippen molar-refractivity contribution in [2.45, 2.75) is 12.8 Å². The molecule has 62 valence electrons. The largest absolute Gasteiger partial charge is 0.246 e. The van der Waals surface area contributed by atoms with Crippen molar-refractivity contribution in [3.8, 4) is 0 Å². The lowest BCUT2D eigenvalue weighted by atomic mass is 9.93. The number of benzene rings is 1. The smallest absolute Gasteiger partial charge is 0.111 e. The van der Waals surface area contributed by atoms with E-state index >= 15 is 0 Å². The first kappa shape index (κ1) is 7.53. The maximum Gasteiger partial charge on any atom is 0.111 e. The molecule has 0 nitrogen and oxygen atoms in total. The second-order valence-electron chi connectivity index (χ2n) is 3.14. The van der Waals surface area contributed by atoms with Crippen LogP contribution in [0.1, 0.15) is 17.5 Å². The second-order valence-corrected chi connectivity index (χ2v) is 3.14. The Bertz CT molecular complexity index is 313. The van der Waals surface area contributed by atoms with Gasteiger partial charge in [0, 0.05) is 0 Å². The molecular weight excluding hydrogens is 151 g/mol. The molecule has 0 unspecified atom stereocenters. The van der Waals surface area contributed by atoms with E-state index in [4.69, 9.17) is 0 Å². The zero-order valence-corrected chi connectivity index (χ0v) is 6.89. The van der Waals surface area contributed by atoms with Gasteiger partial charge in [-0.2, -0.15) is 0 Å². The molecule has 1 aliphatic rings. The quantitative estimate of drug-likeness (QED) is 0.595. The number of rotatable bonds is 1. The predicted molar refractivity (Wildman–Crippen MR) is 48.7 cm³/mol. The van der Waals surface area contributed by atoms with Gasteiger partial charge in [-0.1, -0.05) is 30.3 Å². The van der Waals surface area contributed by atoms with E-state index in [1.54, 1.807) is 0 Å². The van der Waals surface area contributed by atoms with Crippen molar-refractivity contribution >= 4 is 6.08 Å².